The molecule has 2 amide bonds. The first-order valence-electron chi connectivity index (χ1n) is 10.5. The maximum Gasteiger partial charge on any atom is 0.271 e. The molecule has 3 aromatic carbocycles. The third-order valence-electron chi connectivity index (χ3n) is 4.90. The molecule has 3 rings (SSSR count). The largest absolute Gasteiger partial charge is 0.351 e. The summed E-state index contributed by atoms with van der Waals surface area (Å²) in [5, 5.41) is 6.79. The van der Waals surface area contributed by atoms with Gasteiger partial charge < -0.3 is 5.32 Å². The Balaban J connectivity index is 1.70. The fraction of sp³-hybridized carbons (Fsp3) is 0.154. The van der Waals surface area contributed by atoms with Crippen LogP contribution in [0.25, 0.3) is 0 Å². The van der Waals surface area contributed by atoms with E-state index in [0.29, 0.717) is 24.1 Å². The Morgan fingerprint density at radius 3 is 2.15 bits per heavy atom. The summed E-state index contributed by atoms with van der Waals surface area (Å²) in [6.45, 7) is 2.30. The molecule has 33 heavy (non-hydrogen) atoms. The summed E-state index contributed by atoms with van der Waals surface area (Å²) in [5.41, 5.74) is 5.30. The summed E-state index contributed by atoms with van der Waals surface area (Å²) >= 11 is 3.34. The SMILES string of the molecule is Cc1ccc(C(=O)NN=C(CC(=O)c2ccc(Br)cc2)C(=O)NCCc2ccccc2)cc1. The molecule has 0 heterocycles. The quantitative estimate of drug-likeness (QED) is 0.255. The number of rotatable bonds is 9. The highest BCUT2D eigenvalue weighted by Gasteiger charge is 2.18. The Bertz CT molecular complexity index is 1140. The number of hydrogen-bond donors (Lipinski definition) is 2. The van der Waals surface area contributed by atoms with Gasteiger partial charge in [-0.1, -0.05) is 76.1 Å². The number of hydrogen-bond acceptors (Lipinski definition) is 4. The lowest BCUT2D eigenvalue weighted by Crippen LogP contribution is -2.35. The van der Waals surface area contributed by atoms with Gasteiger partial charge in [-0.25, -0.2) is 5.43 Å². The van der Waals surface area contributed by atoms with Crippen molar-refractivity contribution in [2.24, 2.45) is 5.10 Å². The number of halogens is 1. The van der Waals surface area contributed by atoms with Crippen molar-refractivity contribution in [3.8, 4) is 0 Å². The van der Waals surface area contributed by atoms with E-state index in [4.69, 9.17) is 0 Å². The first-order valence-corrected chi connectivity index (χ1v) is 11.3. The molecular formula is C26H24BrN3O3. The lowest BCUT2D eigenvalue weighted by Gasteiger charge is -2.09. The molecule has 0 atom stereocenters. The van der Waals surface area contributed by atoms with E-state index in [0.717, 1.165) is 15.6 Å². The van der Waals surface area contributed by atoms with Crippen LogP contribution in [-0.4, -0.2) is 29.9 Å². The van der Waals surface area contributed by atoms with E-state index in [1.807, 2.05) is 49.4 Å². The molecule has 0 aliphatic carbocycles. The number of aryl methyl sites for hydroxylation is 1. The number of carbonyl (C=O) groups is 3. The van der Waals surface area contributed by atoms with Gasteiger partial charge in [0.05, 0.1) is 6.42 Å². The van der Waals surface area contributed by atoms with Gasteiger partial charge in [-0.2, -0.15) is 5.10 Å². The van der Waals surface area contributed by atoms with Crippen molar-refractivity contribution in [2.45, 2.75) is 19.8 Å². The Labute approximate surface area is 201 Å². The fourth-order valence-corrected chi connectivity index (χ4v) is 3.28. The minimum Gasteiger partial charge on any atom is -0.351 e. The third kappa shape index (κ3) is 7.50. The summed E-state index contributed by atoms with van der Waals surface area (Å²) < 4.78 is 0.844. The van der Waals surface area contributed by atoms with Crippen molar-refractivity contribution < 1.29 is 14.4 Å². The van der Waals surface area contributed by atoms with Gasteiger partial charge in [0.15, 0.2) is 5.78 Å². The number of hydrazone groups is 1. The third-order valence-corrected chi connectivity index (χ3v) is 5.43. The van der Waals surface area contributed by atoms with Crippen LogP contribution in [0.5, 0.6) is 0 Å². The monoisotopic (exact) mass is 505 g/mol. The average Bonchev–Trinajstić information content (AvgIpc) is 2.83. The highest BCUT2D eigenvalue weighted by molar-refractivity contribution is 9.10. The standard InChI is InChI=1S/C26H24BrN3O3/c1-18-7-9-21(10-8-18)25(32)30-29-23(17-24(31)20-11-13-22(27)14-12-20)26(33)28-16-15-19-5-3-2-4-6-19/h2-14H,15-17H2,1H3,(H,28,33)(H,30,32). The van der Waals surface area contributed by atoms with Crippen molar-refractivity contribution in [1.82, 2.24) is 10.7 Å². The van der Waals surface area contributed by atoms with Crippen molar-refractivity contribution in [3.63, 3.8) is 0 Å². The van der Waals surface area contributed by atoms with E-state index >= 15 is 0 Å². The molecule has 6 nitrogen and oxygen atoms in total. The lowest BCUT2D eigenvalue weighted by molar-refractivity contribution is -0.114. The van der Waals surface area contributed by atoms with Crippen LogP contribution >= 0.6 is 15.9 Å². The molecule has 0 bridgehead atoms. The first kappa shape index (κ1) is 24.1. The topological polar surface area (TPSA) is 87.6 Å². The van der Waals surface area contributed by atoms with Gasteiger partial charge in [-0.05, 0) is 43.2 Å². The average molecular weight is 506 g/mol. The number of amides is 2. The second-order valence-corrected chi connectivity index (χ2v) is 8.38. The summed E-state index contributed by atoms with van der Waals surface area (Å²) in [7, 11) is 0. The molecule has 0 aromatic heterocycles. The molecule has 3 aromatic rings. The number of ketones is 1. The zero-order valence-electron chi connectivity index (χ0n) is 18.2. The van der Waals surface area contributed by atoms with E-state index in [-0.39, 0.29) is 17.9 Å². The second kappa shape index (κ2) is 11.9. The number of nitrogens with zero attached hydrogens (tertiary/aromatic N) is 1. The van der Waals surface area contributed by atoms with Crippen LogP contribution < -0.4 is 10.7 Å². The fourth-order valence-electron chi connectivity index (χ4n) is 3.02. The molecule has 0 aliphatic rings. The van der Waals surface area contributed by atoms with Crippen LogP contribution in [0.4, 0.5) is 0 Å². The minimum atomic E-state index is -0.499. The minimum absolute atomic E-state index is 0.0588. The first-order chi connectivity index (χ1) is 15.9. The summed E-state index contributed by atoms with van der Waals surface area (Å²) in [6.07, 6.45) is 0.392. The number of Topliss-reactive ketones (excluding diaryl/α,β-unsaturated/α-hetero) is 1. The van der Waals surface area contributed by atoms with Crippen LogP contribution in [0.15, 0.2) is 88.4 Å². The maximum absolute atomic E-state index is 12.8. The smallest absolute Gasteiger partial charge is 0.271 e. The van der Waals surface area contributed by atoms with Crippen molar-refractivity contribution in [3.05, 3.63) is 106 Å². The highest BCUT2D eigenvalue weighted by atomic mass is 79.9. The van der Waals surface area contributed by atoms with Gasteiger partial charge in [0.2, 0.25) is 0 Å². The summed E-state index contributed by atoms with van der Waals surface area (Å²) in [5.74, 6) is -1.23. The summed E-state index contributed by atoms with van der Waals surface area (Å²) in [4.78, 5) is 38.0. The van der Waals surface area contributed by atoms with Gasteiger partial charge in [0.1, 0.15) is 5.71 Å². The van der Waals surface area contributed by atoms with E-state index < -0.39 is 11.8 Å². The Morgan fingerprint density at radius 1 is 0.848 bits per heavy atom. The van der Waals surface area contributed by atoms with Crippen molar-refractivity contribution >= 4 is 39.2 Å². The Hall–Kier alpha value is -3.58. The molecule has 0 aliphatic heterocycles. The molecule has 0 spiro atoms. The maximum atomic E-state index is 12.8. The van der Waals surface area contributed by atoms with Gasteiger partial charge in [0.25, 0.3) is 11.8 Å². The van der Waals surface area contributed by atoms with Crippen LogP contribution in [0.2, 0.25) is 0 Å². The molecule has 168 valence electrons. The van der Waals surface area contributed by atoms with Crippen LogP contribution in [0.1, 0.15) is 38.3 Å². The van der Waals surface area contributed by atoms with E-state index in [1.165, 1.54) is 0 Å². The molecule has 0 saturated heterocycles. The zero-order valence-corrected chi connectivity index (χ0v) is 19.8. The van der Waals surface area contributed by atoms with Crippen molar-refractivity contribution in [1.29, 1.82) is 0 Å². The van der Waals surface area contributed by atoms with Crippen LogP contribution in [0, 0.1) is 6.92 Å². The predicted octanol–water partition coefficient (Wildman–Crippen LogP) is 4.48. The number of benzene rings is 3. The number of carbonyl (C=O) groups excluding carboxylic acids is 3. The zero-order chi connectivity index (χ0) is 23.6. The molecular weight excluding hydrogens is 482 g/mol. The van der Waals surface area contributed by atoms with E-state index in [2.05, 4.69) is 31.8 Å². The summed E-state index contributed by atoms with van der Waals surface area (Å²) in [6, 6.07) is 23.6. The van der Waals surface area contributed by atoms with Gasteiger partial charge in [-0.15, -0.1) is 0 Å². The van der Waals surface area contributed by atoms with Gasteiger partial charge in [0, 0.05) is 22.1 Å². The predicted molar refractivity (Wildman–Crippen MR) is 132 cm³/mol. The van der Waals surface area contributed by atoms with Gasteiger partial charge in [-0.3, -0.25) is 14.4 Å². The van der Waals surface area contributed by atoms with Crippen LogP contribution in [-0.2, 0) is 11.2 Å². The normalized spacial score (nSPS) is 11.0. The lowest BCUT2D eigenvalue weighted by atomic mass is 10.1. The van der Waals surface area contributed by atoms with Crippen molar-refractivity contribution in [2.75, 3.05) is 6.54 Å². The molecule has 0 saturated carbocycles. The Kier molecular flexibility index (Phi) is 8.66. The number of nitrogens with one attached hydrogen (secondary N) is 2. The molecule has 0 unspecified atom stereocenters. The molecule has 2 N–H and O–H groups in total. The highest BCUT2D eigenvalue weighted by Crippen LogP contribution is 2.12. The molecule has 0 radical (unpaired) electrons. The van der Waals surface area contributed by atoms with Gasteiger partial charge >= 0.3 is 0 Å². The Morgan fingerprint density at radius 2 is 1.48 bits per heavy atom. The molecule has 0 fully saturated rings. The van der Waals surface area contributed by atoms with E-state index in [9.17, 15) is 14.4 Å². The van der Waals surface area contributed by atoms with Crippen LogP contribution in [0.3, 0.4) is 0 Å². The second-order valence-electron chi connectivity index (χ2n) is 7.46. The molecule has 7 heteroatoms. The van der Waals surface area contributed by atoms with E-state index in [1.54, 1.807) is 36.4 Å².